The molecule has 12 aromatic rings. The van der Waals surface area contributed by atoms with Crippen molar-refractivity contribution in [1.82, 2.24) is 19.9 Å². The fourth-order valence-electron chi connectivity index (χ4n) is 8.12. The first kappa shape index (κ1) is 55.0. The molecule has 1 N–H and O–H groups in total. The van der Waals surface area contributed by atoms with Crippen molar-refractivity contribution in [1.29, 1.82) is 0 Å². The topological polar surface area (TPSA) is 94.9 Å². The summed E-state index contributed by atoms with van der Waals surface area (Å²) < 4.78 is 0. The molecule has 8 aromatic carbocycles. The second-order valence-electron chi connectivity index (χ2n) is 16.1. The third kappa shape index (κ3) is 14.0. The molecule has 0 aliphatic rings. The van der Waals surface area contributed by atoms with Gasteiger partial charge in [-0.3, -0.25) is 19.9 Å². The number of hydrogen-bond donors (Lipinski definition) is 1. The third-order valence-corrected chi connectivity index (χ3v) is 11.2. The van der Waals surface area contributed by atoms with Crippen LogP contribution in [0.4, 0.5) is 0 Å². The zero-order valence-corrected chi connectivity index (χ0v) is 46.9. The summed E-state index contributed by atoms with van der Waals surface area (Å²) in [6.07, 6.45) is 7.46. The maximum atomic E-state index is 10.3. The number of aryl methyl sites for hydroxylation is 2. The summed E-state index contributed by atoms with van der Waals surface area (Å²) in [4.78, 5) is 18.7. The second kappa shape index (κ2) is 27.5. The quantitative estimate of drug-likeness (QED) is 0.139. The van der Waals surface area contributed by atoms with Gasteiger partial charge in [-0.1, -0.05) is 182 Å². The van der Waals surface area contributed by atoms with E-state index in [0.717, 1.165) is 66.6 Å². The summed E-state index contributed by atoms with van der Waals surface area (Å²) in [5, 5.41) is 28.2. The van der Waals surface area contributed by atoms with E-state index in [0.29, 0.717) is 5.75 Å². The minimum atomic E-state index is 0. The zero-order valence-electron chi connectivity index (χ0n) is 39.6. The van der Waals surface area contributed by atoms with Gasteiger partial charge in [0.1, 0.15) is 5.75 Å². The fraction of sp³-hybridized carbons (Fsp3) is 0.0323. The number of nitrogens with zero attached hydrogens (tertiary/aromatic N) is 4. The van der Waals surface area contributed by atoms with Crippen LogP contribution in [0, 0.1) is 26.0 Å². The van der Waals surface area contributed by atoms with Crippen molar-refractivity contribution in [3.05, 3.63) is 254 Å². The summed E-state index contributed by atoms with van der Waals surface area (Å²) in [5.74, 6) is 0.394. The predicted octanol–water partition coefficient (Wildman–Crippen LogP) is 12.3. The summed E-state index contributed by atoms with van der Waals surface area (Å²) in [7, 11) is 4.61. The van der Waals surface area contributed by atoms with Gasteiger partial charge in [0.15, 0.2) is 0 Å². The average Bonchev–Trinajstić information content (AvgIpc) is 3.41. The molecule has 12 rings (SSSR count). The molecule has 0 radical (unpaired) electrons. The Morgan fingerprint density at radius 2 is 0.639 bits per heavy atom. The first-order valence-electron chi connectivity index (χ1n) is 22.4. The Morgan fingerprint density at radius 3 is 0.875 bits per heavy atom. The minimum absolute atomic E-state index is 0. The van der Waals surface area contributed by atoms with Crippen LogP contribution in [-0.4, -0.2) is 25.0 Å². The van der Waals surface area contributed by atoms with Gasteiger partial charge < -0.3 is 10.2 Å². The first-order chi connectivity index (χ1) is 34.4. The van der Waals surface area contributed by atoms with Gasteiger partial charge in [-0.25, -0.2) is 0 Å². The number of pyridine rings is 4. The normalized spacial score (nSPS) is 10.1. The molecule has 10 heteroatoms. The maximum absolute atomic E-state index is 10.3. The van der Waals surface area contributed by atoms with Crippen LogP contribution >= 0.6 is 9.42 Å². The molecule has 72 heavy (non-hydrogen) atoms. The molecular formula is C62H45ClN4NaO2Pt2-. The summed E-state index contributed by atoms with van der Waals surface area (Å²) >= 11 is 1.61. The summed E-state index contributed by atoms with van der Waals surface area (Å²) in [6, 6.07) is 74.3. The van der Waals surface area contributed by atoms with Gasteiger partial charge in [-0.2, -0.15) is 0 Å². The number of halogens is 1. The van der Waals surface area contributed by atoms with Gasteiger partial charge in [0.25, 0.3) is 0 Å². The standard InChI is InChI=1S/2C25H17N2.2C6H6O.ClH.Na.2Pt/c2*1-17-14-20(24-22-8-4-2-6-18(22)10-12-26-24)16-21(15-17)25-23-9-5-3-7-19(23)11-13-27-25;2*7-6-4-2-1-3-5-6;;;;/h2*2-15H,1H3;2*1-5,7H;1H;;;/q2*-1;;;;+1;;+2/p-2. The van der Waals surface area contributed by atoms with E-state index < -0.39 is 0 Å². The molecular weight excluding hydrogens is 1280 g/mol. The molecule has 0 amide bonds. The van der Waals surface area contributed by atoms with E-state index in [1.165, 1.54) is 44.8 Å². The molecule has 4 aromatic heterocycles. The largest absolute Gasteiger partial charge is 1.00 e. The Kier molecular flexibility index (Phi) is 21.0. The van der Waals surface area contributed by atoms with Crippen LogP contribution in [0.5, 0.6) is 11.5 Å². The molecule has 354 valence electrons. The van der Waals surface area contributed by atoms with Crippen molar-refractivity contribution in [3.63, 3.8) is 0 Å². The maximum Gasteiger partial charge on any atom is 1.00 e. The van der Waals surface area contributed by atoms with Crippen molar-refractivity contribution in [2.24, 2.45) is 0 Å². The number of rotatable bonds is 4. The van der Waals surface area contributed by atoms with Crippen LogP contribution in [0.2, 0.25) is 0 Å². The molecule has 0 unspecified atom stereocenters. The van der Waals surface area contributed by atoms with Crippen molar-refractivity contribution < 1.29 is 79.6 Å². The van der Waals surface area contributed by atoms with Gasteiger partial charge in [0.05, 0.1) is 0 Å². The van der Waals surface area contributed by atoms with E-state index >= 15 is 0 Å². The van der Waals surface area contributed by atoms with Crippen LogP contribution in [0.3, 0.4) is 0 Å². The number of phenolic OH excluding ortho intramolecular Hbond substituents is 1. The molecule has 0 spiro atoms. The average molecular weight is 1330 g/mol. The molecule has 0 aliphatic heterocycles. The third-order valence-electron chi connectivity index (χ3n) is 11.2. The molecule has 0 fully saturated rings. The SMILES string of the molecule is Cc1cc(-c2nccc3ccccc23)[c-]c(-c2nccc3ccccc23)c1.Cc1cc(-c2nccc3ccccc23)[c-]c(-c2nccc3ccccc23)c1.Oc1ccccc1.[Cl][Pt+].[Na+].[O-]c1ccccc1.[Pt]. The van der Waals surface area contributed by atoms with E-state index in [-0.39, 0.29) is 56.4 Å². The van der Waals surface area contributed by atoms with E-state index in [1.807, 2.05) is 61.2 Å². The molecule has 0 atom stereocenters. The number of fused-ring (bicyclic) bond motifs is 4. The number of phenols is 1. The van der Waals surface area contributed by atoms with Crippen LogP contribution in [0.25, 0.3) is 88.1 Å². The van der Waals surface area contributed by atoms with Crippen molar-refractivity contribution in [2.75, 3.05) is 0 Å². The number of aromatic nitrogens is 4. The number of hydrogen-bond acceptors (Lipinski definition) is 6. The Morgan fingerprint density at radius 1 is 0.389 bits per heavy atom. The van der Waals surface area contributed by atoms with Crippen molar-refractivity contribution >= 4 is 52.5 Å². The number of para-hydroxylation sites is 2. The van der Waals surface area contributed by atoms with Crippen LogP contribution < -0.4 is 34.7 Å². The molecule has 0 saturated carbocycles. The van der Waals surface area contributed by atoms with Gasteiger partial charge in [0, 0.05) is 68.6 Å². The summed E-state index contributed by atoms with van der Waals surface area (Å²) in [6.45, 7) is 4.22. The van der Waals surface area contributed by atoms with Gasteiger partial charge in [0.2, 0.25) is 0 Å². The molecule has 6 nitrogen and oxygen atoms in total. The van der Waals surface area contributed by atoms with Crippen LogP contribution in [0.15, 0.2) is 231 Å². The monoisotopic (exact) mass is 1330 g/mol. The fourth-order valence-corrected chi connectivity index (χ4v) is 8.12. The van der Waals surface area contributed by atoms with Crippen LogP contribution in [0.1, 0.15) is 11.1 Å². The van der Waals surface area contributed by atoms with E-state index in [4.69, 9.17) is 5.11 Å². The van der Waals surface area contributed by atoms with Crippen LogP contribution in [-0.2, 0) is 39.8 Å². The molecule has 4 heterocycles. The Hall–Kier alpha value is -6.33. The van der Waals surface area contributed by atoms with E-state index in [9.17, 15) is 5.11 Å². The van der Waals surface area contributed by atoms with Gasteiger partial charge in [-0.05, 0) is 79.5 Å². The second-order valence-corrected chi connectivity index (χ2v) is 16.1. The van der Waals surface area contributed by atoms with Crippen molar-refractivity contribution in [2.45, 2.75) is 13.8 Å². The minimum Gasteiger partial charge on any atom is -0.872 e. The Labute approximate surface area is 472 Å². The predicted molar refractivity (Wildman–Crippen MR) is 283 cm³/mol. The van der Waals surface area contributed by atoms with Crippen molar-refractivity contribution in [3.8, 4) is 56.5 Å². The van der Waals surface area contributed by atoms with Gasteiger partial charge in [-0.15, -0.1) is 53.3 Å². The molecule has 0 aliphatic carbocycles. The van der Waals surface area contributed by atoms with E-state index in [2.05, 4.69) is 177 Å². The van der Waals surface area contributed by atoms with Gasteiger partial charge >= 0.3 is 57.7 Å². The number of aromatic hydroxyl groups is 1. The Balaban J connectivity index is 0.000000177. The summed E-state index contributed by atoms with van der Waals surface area (Å²) in [5.41, 5.74) is 10.2. The number of benzene rings is 8. The zero-order chi connectivity index (χ0) is 48.7. The first-order valence-corrected chi connectivity index (χ1v) is 25.2. The smallest absolute Gasteiger partial charge is 0.872 e. The van der Waals surface area contributed by atoms with E-state index in [1.54, 1.807) is 55.2 Å². The molecule has 0 bridgehead atoms. The Bertz CT molecular complexity index is 3200. The molecule has 0 saturated heterocycles.